The Morgan fingerprint density at radius 1 is 1.17 bits per heavy atom. The van der Waals surface area contributed by atoms with Crippen LogP contribution in [0.3, 0.4) is 0 Å². The summed E-state index contributed by atoms with van der Waals surface area (Å²) in [7, 11) is 1.63. The predicted octanol–water partition coefficient (Wildman–Crippen LogP) is 2.61. The lowest BCUT2D eigenvalue weighted by molar-refractivity contribution is -0.122. The van der Waals surface area contributed by atoms with Gasteiger partial charge >= 0.3 is 0 Å². The van der Waals surface area contributed by atoms with E-state index in [0.717, 1.165) is 22.1 Å². The third-order valence-corrected chi connectivity index (χ3v) is 5.03. The number of fused-ring (bicyclic) bond motifs is 1. The van der Waals surface area contributed by atoms with E-state index >= 15 is 0 Å². The molecule has 0 radical (unpaired) electrons. The van der Waals surface area contributed by atoms with E-state index in [1.807, 2.05) is 54.6 Å². The zero-order chi connectivity index (χ0) is 20.2. The second-order valence-corrected chi connectivity index (χ2v) is 6.86. The molecule has 1 aliphatic rings. The fourth-order valence-corrected chi connectivity index (χ4v) is 3.46. The van der Waals surface area contributed by atoms with Crippen LogP contribution in [0.2, 0.25) is 0 Å². The molecule has 0 spiro atoms. The number of amides is 1. The summed E-state index contributed by atoms with van der Waals surface area (Å²) < 4.78 is 5.26. The van der Waals surface area contributed by atoms with E-state index in [2.05, 4.69) is 21.4 Å². The summed E-state index contributed by atoms with van der Waals surface area (Å²) in [4.78, 5) is 12.5. The topological polar surface area (TPSA) is 95.0 Å². The molecule has 1 saturated heterocycles. The van der Waals surface area contributed by atoms with Crippen LogP contribution >= 0.6 is 0 Å². The maximum Gasteiger partial charge on any atom is 0.258 e. The molecule has 2 atom stereocenters. The van der Waals surface area contributed by atoms with Crippen molar-refractivity contribution in [1.29, 1.82) is 0 Å². The number of rotatable bonds is 5. The molecular weight excluding hydrogens is 368 g/mol. The Labute approximate surface area is 168 Å². The van der Waals surface area contributed by atoms with Gasteiger partial charge in [0.05, 0.1) is 13.3 Å². The highest BCUT2D eigenvalue weighted by Gasteiger charge is 2.30. The number of hydrazone groups is 1. The maximum absolute atomic E-state index is 12.5. The Morgan fingerprint density at radius 3 is 2.90 bits per heavy atom. The van der Waals surface area contributed by atoms with Crippen LogP contribution in [0.1, 0.15) is 23.6 Å². The quantitative estimate of drug-likeness (QED) is 0.397. The number of phenols is 1. The largest absolute Gasteiger partial charge is 0.507 e. The molecule has 3 aromatic rings. The number of nitrogens with one attached hydrogen (secondary N) is 3. The van der Waals surface area contributed by atoms with Crippen LogP contribution in [0.15, 0.2) is 65.8 Å². The molecule has 0 saturated carbocycles. The lowest BCUT2D eigenvalue weighted by Crippen LogP contribution is -2.41. The van der Waals surface area contributed by atoms with Crippen LogP contribution in [-0.4, -0.2) is 30.4 Å². The minimum absolute atomic E-state index is 0.00746. The average Bonchev–Trinajstić information content (AvgIpc) is 3.26. The smallest absolute Gasteiger partial charge is 0.258 e. The number of nitrogens with zero attached hydrogens (tertiary/aromatic N) is 1. The van der Waals surface area contributed by atoms with Crippen LogP contribution in [0.25, 0.3) is 10.8 Å². The zero-order valence-corrected chi connectivity index (χ0v) is 15.9. The van der Waals surface area contributed by atoms with Crippen molar-refractivity contribution in [1.82, 2.24) is 16.3 Å². The summed E-state index contributed by atoms with van der Waals surface area (Å²) in [6, 6.07) is 18.4. The Morgan fingerprint density at radius 2 is 2.03 bits per heavy atom. The molecule has 2 unspecified atom stereocenters. The van der Waals surface area contributed by atoms with Crippen molar-refractivity contribution in [2.24, 2.45) is 5.10 Å². The summed E-state index contributed by atoms with van der Waals surface area (Å²) in [6.07, 6.45) is 2.05. The molecule has 148 valence electrons. The molecule has 4 rings (SSSR count). The standard InChI is InChI=1S/C22H22N4O3/c1-29-16-7-4-6-15(11-16)19-12-20(25-24-19)22(28)26-23-13-18-17-8-3-2-5-14(17)9-10-21(18)27/h2-11,13,19-20,24-25,27H,12H2,1H3,(H,26,28)/b23-13+. The first-order chi connectivity index (χ1) is 14.2. The minimum atomic E-state index is -0.426. The van der Waals surface area contributed by atoms with E-state index < -0.39 is 6.04 Å². The molecule has 1 fully saturated rings. The highest BCUT2D eigenvalue weighted by molar-refractivity contribution is 6.02. The van der Waals surface area contributed by atoms with Crippen molar-refractivity contribution in [2.75, 3.05) is 7.11 Å². The van der Waals surface area contributed by atoms with Crippen molar-refractivity contribution in [2.45, 2.75) is 18.5 Å². The monoisotopic (exact) mass is 390 g/mol. The predicted molar refractivity (Wildman–Crippen MR) is 112 cm³/mol. The number of aromatic hydroxyl groups is 1. The first-order valence-electron chi connectivity index (χ1n) is 9.34. The second kappa shape index (κ2) is 8.30. The molecular formula is C22H22N4O3. The average molecular weight is 390 g/mol. The Hall–Kier alpha value is -3.42. The van der Waals surface area contributed by atoms with Gasteiger partial charge in [-0.1, -0.05) is 42.5 Å². The minimum Gasteiger partial charge on any atom is -0.507 e. The second-order valence-electron chi connectivity index (χ2n) is 6.86. The highest BCUT2D eigenvalue weighted by atomic mass is 16.5. The molecule has 4 N–H and O–H groups in total. The van der Waals surface area contributed by atoms with Crippen LogP contribution < -0.4 is 21.0 Å². The highest BCUT2D eigenvalue weighted by Crippen LogP contribution is 2.26. The Bertz CT molecular complexity index is 1070. The fourth-order valence-electron chi connectivity index (χ4n) is 3.46. The van der Waals surface area contributed by atoms with E-state index in [0.29, 0.717) is 12.0 Å². The first kappa shape index (κ1) is 18.9. The normalized spacial score (nSPS) is 18.9. The third-order valence-electron chi connectivity index (χ3n) is 5.03. The first-order valence-corrected chi connectivity index (χ1v) is 9.34. The van der Waals surface area contributed by atoms with Gasteiger partial charge in [0.1, 0.15) is 17.5 Å². The van der Waals surface area contributed by atoms with Gasteiger partial charge in [-0.3, -0.25) is 4.79 Å². The summed E-state index contributed by atoms with van der Waals surface area (Å²) in [5.74, 6) is 0.635. The van der Waals surface area contributed by atoms with Crippen LogP contribution in [0.5, 0.6) is 11.5 Å². The van der Waals surface area contributed by atoms with Gasteiger partial charge in [-0.15, -0.1) is 0 Å². The molecule has 0 aromatic heterocycles. The molecule has 0 bridgehead atoms. The van der Waals surface area contributed by atoms with Crippen molar-refractivity contribution < 1.29 is 14.6 Å². The molecule has 3 aromatic carbocycles. The molecule has 0 aliphatic carbocycles. The van der Waals surface area contributed by atoms with E-state index in [4.69, 9.17) is 4.74 Å². The van der Waals surface area contributed by atoms with Crippen molar-refractivity contribution in [3.8, 4) is 11.5 Å². The van der Waals surface area contributed by atoms with E-state index in [1.54, 1.807) is 13.2 Å². The number of methoxy groups -OCH3 is 1. The summed E-state index contributed by atoms with van der Waals surface area (Å²) >= 11 is 0. The van der Waals surface area contributed by atoms with Gasteiger partial charge in [-0.2, -0.15) is 5.10 Å². The maximum atomic E-state index is 12.5. The van der Waals surface area contributed by atoms with E-state index in [9.17, 15) is 9.90 Å². The van der Waals surface area contributed by atoms with Gasteiger partial charge in [0.15, 0.2) is 0 Å². The third kappa shape index (κ3) is 4.06. The molecule has 1 amide bonds. The van der Waals surface area contributed by atoms with E-state index in [-0.39, 0.29) is 17.7 Å². The number of benzene rings is 3. The number of carbonyl (C=O) groups is 1. The van der Waals surface area contributed by atoms with Crippen LogP contribution in [0, 0.1) is 0 Å². The number of carbonyl (C=O) groups excluding carboxylic acids is 1. The molecule has 7 nitrogen and oxygen atoms in total. The van der Waals surface area contributed by atoms with Gasteiger partial charge < -0.3 is 9.84 Å². The fraction of sp³-hybridized carbons (Fsp3) is 0.182. The van der Waals surface area contributed by atoms with Gasteiger partial charge in [-0.25, -0.2) is 16.3 Å². The molecule has 1 aliphatic heterocycles. The summed E-state index contributed by atoms with van der Waals surface area (Å²) in [5.41, 5.74) is 10.3. The molecule has 7 heteroatoms. The lowest BCUT2D eigenvalue weighted by Gasteiger charge is -2.10. The number of hydrazine groups is 1. The van der Waals surface area contributed by atoms with Crippen molar-refractivity contribution >= 4 is 22.9 Å². The Balaban J connectivity index is 1.41. The van der Waals surface area contributed by atoms with Gasteiger partial charge in [0.2, 0.25) is 0 Å². The zero-order valence-electron chi connectivity index (χ0n) is 15.9. The SMILES string of the molecule is COc1cccc(C2CC(C(=O)N/N=C/c3c(O)ccc4ccccc34)NN2)c1. The number of hydrogen-bond donors (Lipinski definition) is 4. The number of hydrogen-bond acceptors (Lipinski definition) is 6. The van der Waals surface area contributed by atoms with Crippen LogP contribution in [-0.2, 0) is 4.79 Å². The van der Waals surface area contributed by atoms with Gasteiger partial charge in [0, 0.05) is 11.6 Å². The molecule has 29 heavy (non-hydrogen) atoms. The number of ether oxygens (including phenoxy) is 1. The van der Waals surface area contributed by atoms with Crippen molar-refractivity contribution in [3.63, 3.8) is 0 Å². The van der Waals surface area contributed by atoms with Crippen LogP contribution in [0.4, 0.5) is 0 Å². The lowest BCUT2D eigenvalue weighted by atomic mass is 10.0. The summed E-state index contributed by atoms with van der Waals surface area (Å²) in [6.45, 7) is 0. The van der Waals surface area contributed by atoms with Crippen molar-refractivity contribution in [3.05, 3.63) is 71.8 Å². The summed E-state index contributed by atoms with van der Waals surface area (Å²) in [5, 5.41) is 16.1. The number of phenolic OH excluding ortho intramolecular Hbond substituents is 1. The molecule has 1 heterocycles. The Kier molecular flexibility index (Phi) is 5.41. The van der Waals surface area contributed by atoms with Gasteiger partial charge in [0.25, 0.3) is 5.91 Å². The van der Waals surface area contributed by atoms with Gasteiger partial charge in [-0.05, 0) is 41.0 Å². The van der Waals surface area contributed by atoms with E-state index in [1.165, 1.54) is 6.21 Å².